The van der Waals surface area contributed by atoms with Crippen LogP contribution < -0.4 is 10.4 Å². The van der Waals surface area contributed by atoms with E-state index < -0.39 is 5.60 Å². The van der Waals surface area contributed by atoms with Crippen LogP contribution in [0.2, 0.25) is 0 Å². The van der Waals surface area contributed by atoms with Gasteiger partial charge in [-0.25, -0.2) is 4.79 Å². The van der Waals surface area contributed by atoms with Gasteiger partial charge in [0.15, 0.2) is 0 Å². The van der Waals surface area contributed by atoms with E-state index in [1.165, 1.54) is 0 Å². The van der Waals surface area contributed by atoms with Crippen molar-refractivity contribution in [1.29, 1.82) is 0 Å². The van der Waals surface area contributed by atoms with Crippen LogP contribution in [0.3, 0.4) is 0 Å². The van der Waals surface area contributed by atoms with Crippen molar-refractivity contribution in [2.24, 2.45) is 0 Å². The molecule has 1 aliphatic heterocycles. The van der Waals surface area contributed by atoms with Crippen LogP contribution in [-0.2, 0) is 12.0 Å². The van der Waals surface area contributed by atoms with Gasteiger partial charge in [0.2, 0.25) is 0 Å². The van der Waals surface area contributed by atoms with Crippen molar-refractivity contribution in [3.63, 3.8) is 0 Å². The molecule has 3 nitrogen and oxygen atoms in total. The van der Waals surface area contributed by atoms with Crippen molar-refractivity contribution in [3.05, 3.63) is 76.1 Å². The Morgan fingerprint density at radius 3 is 2.55 bits per heavy atom. The number of ether oxygens (including phenoxy) is 1. The quantitative estimate of drug-likeness (QED) is 0.636. The van der Waals surface area contributed by atoms with Gasteiger partial charge < -0.3 is 9.15 Å². The molecule has 3 heteroatoms. The summed E-state index contributed by atoms with van der Waals surface area (Å²) in [5.41, 5.74) is 1.63. The highest BCUT2D eigenvalue weighted by Gasteiger charge is 2.35. The minimum absolute atomic E-state index is 0.288. The monoisotopic (exact) mass is 292 g/mol. The molecule has 1 atom stereocenters. The molecular weight excluding hydrogens is 276 g/mol. The van der Waals surface area contributed by atoms with E-state index in [4.69, 9.17) is 9.15 Å². The van der Waals surface area contributed by atoms with Gasteiger partial charge >= 0.3 is 5.63 Å². The molecule has 0 saturated heterocycles. The van der Waals surface area contributed by atoms with Crippen molar-refractivity contribution in [2.45, 2.75) is 25.4 Å². The molecule has 0 aliphatic carbocycles. The van der Waals surface area contributed by atoms with E-state index in [1.54, 1.807) is 6.07 Å². The zero-order chi connectivity index (χ0) is 15.2. The molecule has 4 rings (SSSR count). The molecule has 0 radical (unpaired) electrons. The van der Waals surface area contributed by atoms with Crippen LogP contribution in [0.25, 0.3) is 11.0 Å². The highest BCUT2D eigenvalue weighted by molar-refractivity contribution is 5.84. The van der Waals surface area contributed by atoms with Gasteiger partial charge in [0.05, 0.1) is 10.9 Å². The summed E-state index contributed by atoms with van der Waals surface area (Å²) in [5, 5.41) is 0.860. The third-order valence-electron chi connectivity index (χ3n) is 4.42. The zero-order valence-corrected chi connectivity index (χ0v) is 12.3. The lowest BCUT2D eigenvalue weighted by Crippen LogP contribution is -2.35. The molecule has 22 heavy (non-hydrogen) atoms. The Hall–Kier alpha value is -2.55. The fourth-order valence-corrected chi connectivity index (χ4v) is 3.13. The van der Waals surface area contributed by atoms with Crippen molar-refractivity contribution < 1.29 is 9.15 Å². The number of benzene rings is 2. The smallest absolute Gasteiger partial charge is 0.343 e. The van der Waals surface area contributed by atoms with Crippen LogP contribution in [0.5, 0.6) is 5.75 Å². The molecule has 1 aromatic heterocycles. The molecule has 0 amide bonds. The van der Waals surface area contributed by atoms with Crippen molar-refractivity contribution >= 4 is 11.0 Å². The first-order chi connectivity index (χ1) is 10.7. The second-order valence-corrected chi connectivity index (χ2v) is 5.89. The minimum atomic E-state index is -0.426. The largest absolute Gasteiger partial charge is 0.482 e. The van der Waals surface area contributed by atoms with Crippen LogP contribution in [0.1, 0.15) is 24.5 Å². The first-order valence-electron chi connectivity index (χ1n) is 7.47. The summed E-state index contributed by atoms with van der Waals surface area (Å²) in [5.74, 6) is 0.671. The highest BCUT2D eigenvalue weighted by atomic mass is 16.5. The second-order valence-electron chi connectivity index (χ2n) is 5.89. The summed E-state index contributed by atoms with van der Waals surface area (Å²) in [6.07, 6.45) is 1.42. The van der Waals surface area contributed by atoms with Crippen LogP contribution in [0.4, 0.5) is 0 Å². The maximum Gasteiger partial charge on any atom is 0.343 e. The molecule has 0 saturated carbocycles. The highest BCUT2D eigenvalue weighted by Crippen LogP contribution is 2.41. The SMILES string of the molecule is CC1(c2ccccc2)CCc2c(c3ccccc3oc2=O)O1. The summed E-state index contributed by atoms with van der Waals surface area (Å²) in [7, 11) is 0. The van der Waals surface area contributed by atoms with Gasteiger partial charge in [-0.05, 0) is 37.5 Å². The van der Waals surface area contributed by atoms with Gasteiger partial charge in [0.1, 0.15) is 16.9 Å². The molecule has 3 aromatic rings. The standard InChI is InChI=1S/C19H16O3/c1-19(13-7-3-2-4-8-13)12-11-15-17(22-19)14-9-5-6-10-16(14)21-18(15)20/h2-10H,11-12H2,1H3. The Labute approximate surface area is 128 Å². The zero-order valence-electron chi connectivity index (χ0n) is 12.3. The van der Waals surface area contributed by atoms with E-state index in [1.807, 2.05) is 36.4 Å². The van der Waals surface area contributed by atoms with E-state index >= 15 is 0 Å². The average Bonchev–Trinajstić information content (AvgIpc) is 2.56. The topological polar surface area (TPSA) is 39.4 Å². The first kappa shape index (κ1) is 13.1. The molecular formula is C19H16O3. The van der Waals surface area contributed by atoms with Gasteiger partial charge in [-0.2, -0.15) is 0 Å². The van der Waals surface area contributed by atoms with Crippen LogP contribution in [0, 0.1) is 0 Å². The molecule has 0 fully saturated rings. The Morgan fingerprint density at radius 1 is 1.00 bits per heavy atom. The lowest BCUT2D eigenvalue weighted by molar-refractivity contribution is 0.0631. The molecule has 110 valence electrons. The van der Waals surface area contributed by atoms with Gasteiger partial charge in [-0.15, -0.1) is 0 Å². The van der Waals surface area contributed by atoms with Crippen LogP contribution in [-0.4, -0.2) is 0 Å². The lowest BCUT2D eigenvalue weighted by atomic mass is 9.86. The Bertz CT molecular complexity index is 895. The summed E-state index contributed by atoms with van der Waals surface area (Å²) in [6.45, 7) is 2.08. The number of hydrogen-bond donors (Lipinski definition) is 0. The maximum atomic E-state index is 12.2. The summed E-state index contributed by atoms with van der Waals surface area (Å²) >= 11 is 0. The molecule has 1 unspecified atom stereocenters. The maximum absolute atomic E-state index is 12.2. The van der Waals surface area contributed by atoms with Crippen molar-refractivity contribution in [2.75, 3.05) is 0 Å². The molecule has 2 heterocycles. The van der Waals surface area contributed by atoms with E-state index in [0.717, 1.165) is 17.4 Å². The van der Waals surface area contributed by atoms with Gasteiger partial charge in [-0.3, -0.25) is 0 Å². The summed E-state index contributed by atoms with van der Waals surface area (Å²) < 4.78 is 11.7. The molecule has 2 aromatic carbocycles. The van der Waals surface area contributed by atoms with Crippen molar-refractivity contribution in [3.8, 4) is 5.75 Å². The number of fused-ring (bicyclic) bond motifs is 3. The van der Waals surface area contributed by atoms with Gasteiger partial charge in [0, 0.05) is 0 Å². The van der Waals surface area contributed by atoms with E-state index in [-0.39, 0.29) is 5.63 Å². The van der Waals surface area contributed by atoms with E-state index in [9.17, 15) is 4.79 Å². The van der Waals surface area contributed by atoms with E-state index in [0.29, 0.717) is 23.3 Å². The Balaban J connectivity index is 1.91. The fraction of sp³-hybridized carbons (Fsp3) is 0.211. The molecule has 1 aliphatic rings. The summed E-state index contributed by atoms with van der Waals surface area (Å²) in [4.78, 5) is 12.2. The van der Waals surface area contributed by atoms with E-state index in [2.05, 4.69) is 19.1 Å². The van der Waals surface area contributed by atoms with Crippen LogP contribution in [0.15, 0.2) is 63.8 Å². The average molecular weight is 292 g/mol. The normalized spacial score (nSPS) is 20.4. The number of para-hydroxylation sites is 1. The Morgan fingerprint density at radius 2 is 1.73 bits per heavy atom. The third-order valence-corrected chi connectivity index (χ3v) is 4.42. The fourth-order valence-electron chi connectivity index (χ4n) is 3.13. The molecule has 0 spiro atoms. The van der Waals surface area contributed by atoms with Gasteiger partial charge in [0.25, 0.3) is 0 Å². The minimum Gasteiger partial charge on any atom is -0.482 e. The predicted octanol–water partition coefficient (Wildman–Crippen LogP) is 4.03. The molecule has 0 N–H and O–H groups in total. The Kier molecular flexibility index (Phi) is 2.83. The van der Waals surface area contributed by atoms with Crippen molar-refractivity contribution in [1.82, 2.24) is 0 Å². The lowest BCUT2D eigenvalue weighted by Gasteiger charge is -2.36. The molecule has 0 bridgehead atoms. The first-order valence-corrected chi connectivity index (χ1v) is 7.47. The predicted molar refractivity (Wildman–Crippen MR) is 85.2 cm³/mol. The second kappa shape index (κ2) is 4.73. The number of hydrogen-bond acceptors (Lipinski definition) is 3. The summed E-state index contributed by atoms with van der Waals surface area (Å²) in [6, 6.07) is 17.7. The number of rotatable bonds is 1. The third kappa shape index (κ3) is 1.93. The van der Waals surface area contributed by atoms with Crippen LogP contribution >= 0.6 is 0 Å². The van der Waals surface area contributed by atoms with Gasteiger partial charge in [-0.1, -0.05) is 42.5 Å².